The predicted molar refractivity (Wildman–Crippen MR) is 121 cm³/mol. The fourth-order valence-electron chi connectivity index (χ4n) is 3.91. The van der Waals surface area contributed by atoms with E-state index in [0.717, 1.165) is 12.0 Å². The summed E-state index contributed by atoms with van der Waals surface area (Å²) >= 11 is 0. The van der Waals surface area contributed by atoms with Crippen LogP contribution in [0, 0.1) is 5.92 Å². The molecule has 0 bridgehead atoms. The van der Waals surface area contributed by atoms with Crippen LogP contribution in [0.15, 0.2) is 48.9 Å². The molecule has 0 radical (unpaired) electrons. The van der Waals surface area contributed by atoms with Crippen LogP contribution >= 0.6 is 0 Å². The second kappa shape index (κ2) is 10.5. The van der Waals surface area contributed by atoms with E-state index in [-0.39, 0.29) is 30.6 Å². The highest BCUT2D eigenvalue weighted by atomic mass is 16.5. The Kier molecular flexibility index (Phi) is 7.79. The van der Waals surface area contributed by atoms with Crippen molar-refractivity contribution >= 4 is 18.7 Å². The van der Waals surface area contributed by atoms with Crippen LogP contribution in [0.1, 0.15) is 50.2 Å². The topological polar surface area (TPSA) is 93.2 Å². The Labute approximate surface area is 184 Å². The molecule has 8 heteroatoms. The molecule has 2 aromatic rings. The molecule has 4 atom stereocenters. The van der Waals surface area contributed by atoms with Crippen LogP contribution in [-0.2, 0) is 15.9 Å². The average molecular weight is 422 g/mol. The number of amides is 2. The van der Waals surface area contributed by atoms with Crippen LogP contribution in [0.3, 0.4) is 0 Å². The number of carbonyl (C=O) groups is 2. The van der Waals surface area contributed by atoms with Gasteiger partial charge in [0.1, 0.15) is 11.7 Å². The van der Waals surface area contributed by atoms with Crippen molar-refractivity contribution in [3.05, 3.63) is 60.2 Å². The summed E-state index contributed by atoms with van der Waals surface area (Å²) in [4.78, 5) is 34.0. The molecule has 0 spiro atoms. The second-order valence-electron chi connectivity index (χ2n) is 8.72. The first kappa shape index (κ1) is 22.9. The number of carbonyl (C=O) groups excluding carboxylic acids is 2. The molecule has 1 aromatic heterocycles. The van der Waals surface area contributed by atoms with E-state index < -0.39 is 11.9 Å². The lowest BCUT2D eigenvalue weighted by molar-refractivity contribution is -0.123. The lowest BCUT2D eigenvalue weighted by Gasteiger charge is -2.43. The third-order valence-corrected chi connectivity index (χ3v) is 5.78. The normalized spacial score (nSPS) is 20.0. The first-order valence-electron chi connectivity index (χ1n) is 10.9. The van der Waals surface area contributed by atoms with Crippen molar-refractivity contribution in [3.8, 4) is 0 Å². The molecule has 2 unspecified atom stereocenters. The van der Waals surface area contributed by atoms with E-state index in [1.807, 2.05) is 30.3 Å². The molecule has 31 heavy (non-hydrogen) atoms. The number of hydrogen-bond donors (Lipinski definition) is 2. The van der Waals surface area contributed by atoms with Gasteiger partial charge in [-0.2, -0.15) is 0 Å². The highest BCUT2D eigenvalue weighted by Gasteiger charge is 2.46. The van der Waals surface area contributed by atoms with Gasteiger partial charge in [0, 0.05) is 30.9 Å². The molecular weight excluding hydrogens is 391 g/mol. The van der Waals surface area contributed by atoms with Crippen LogP contribution < -0.4 is 10.6 Å². The van der Waals surface area contributed by atoms with Gasteiger partial charge in [-0.25, -0.2) is 4.98 Å². The number of benzene rings is 1. The number of nitrogens with zero attached hydrogens (tertiary/aromatic N) is 2. The highest BCUT2D eigenvalue weighted by Crippen LogP contribution is 2.33. The van der Waals surface area contributed by atoms with Crippen LogP contribution in [0.2, 0.25) is 5.82 Å². The van der Waals surface area contributed by atoms with E-state index in [9.17, 15) is 9.59 Å². The van der Waals surface area contributed by atoms with Gasteiger partial charge >= 0.3 is 6.92 Å². The van der Waals surface area contributed by atoms with E-state index in [1.165, 1.54) is 18.6 Å². The zero-order valence-electron chi connectivity index (χ0n) is 18.6. The average Bonchev–Trinajstić information content (AvgIpc) is 2.77. The van der Waals surface area contributed by atoms with Gasteiger partial charge in [-0.1, -0.05) is 51.1 Å². The molecule has 2 N–H and O–H groups in total. The van der Waals surface area contributed by atoms with Crippen LogP contribution in [0.25, 0.3) is 0 Å². The summed E-state index contributed by atoms with van der Waals surface area (Å²) in [5.41, 5.74) is 1.14. The molecule has 2 heterocycles. The Morgan fingerprint density at radius 3 is 2.45 bits per heavy atom. The summed E-state index contributed by atoms with van der Waals surface area (Å²) in [5, 5.41) is 6.00. The van der Waals surface area contributed by atoms with Gasteiger partial charge < -0.3 is 15.3 Å². The van der Waals surface area contributed by atoms with Crippen molar-refractivity contribution in [1.82, 2.24) is 20.6 Å². The van der Waals surface area contributed by atoms with Gasteiger partial charge in [0.2, 0.25) is 5.91 Å². The van der Waals surface area contributed by atoms with Gasteiger partial charge in [0.25, 0.3) is 5.91 Å². The van der Waals surface area contributed by atoms with Gasteiger partial charge in [-0.3, -0.25) is 14.6 Å². The number of hydrogen-bond acceptors (Lipinski definition) is 5. The first-order chi connectivity index (χ1) is 14.8. The molecule has 1 fully saturated rings. The van der Waals surface area contributed by atoms with Gasteiger partial charge in [-0.05, 0) is 30.6 Å². The minimum atomic E-state index is -0.737. The fourth-order valence-corrected chi connectivity index (χ4v) is 3.91. The number of rotatable bonds is 9. The molecule has 1 aliphatic heterocycles. The molecule has 164 valence electrons. The summed E-state index contributed by atoms with van der Waals surface area (Å²) in [5.74, 6) is 0.0172. The van der Waals surface area contributed by atoms with E-state index in [1.54, 1.807) is 0 Å². The summed E-state index contributed by atoms with van der Waals surface area (Å²) in [7, 11) is 0. The van der Waals surface area contributed by atoms with Crippen molar-refractivity contribution in [2.45, 2.75) is 64.4 Å². The Morgan fingerprint density at radius 2 is 1.87 bits per heavy atom. The Hall–Kier alpha value is -2.74. The largest absolute Gasteiger partial charge is 0.431 e. The van der Waals surface area contributed by atoms with Gasteiger partial charge in [0.05, 0.1) is 6.20 Å². The van der Waals surface area contributed by atoms with Crippen molar-refractivity contribution in [1.29, 1.82) is 0 Å². The standard InChI is InChI=1S/C23H31BN4O3/c1-15(2)12-21(24-16(3)17(4)31-24)28-22(29)19(13-18-8-6-5-7-9-18)27-23(30)20-14-25-10-11-26-20/h5-11,14-17,19,21H,12-13H2,1-4H3,(H,27,30)(H,28,29)/t16?,17?,19-,21+/m0/s1. The zero-order chi connectivity index (χ0) is 22.4. The van der Waals surface area contributed by atoms with Crippen molar-refractivity contribution in [2.75, 3.05) is 0 Å². The van der Waals surface area contributed by atoms with Crippen molar-refractivity contribution < 1.29 is 14.2 Å². The maximum absolute atomic E-state index is 13.3. The van der Waals surface area contributed by atoms with Crippen LogP contribution in [0.4, 0.5) is 0 Å². The van der Waals surface area contributed by atoms with Crippen LogP contribution in [-0.4, -0.2) is 46.8 Å². The lowest BCUT2D eigenvalue weighted by atomic mass is 9.43. The molecule has 1 saturated heterocycles. The Balaban J connectivity index is 1.76. The lowest BCUT2D eigenvalue weighted by Crippen LogP contribution is -2.61. The molecule has 3 rings (SSSR count). The third kappa shape index (κ3) is 6.13. The molecule has 0 aliphatic carbocycles. The van der Waals surface area contributed by atoms with Crippen molar-refractivity contribution in [2.24, 2.45) is 5.92 Å². The summed E-state index contributed by atoms with van der Waals surface area (Å²) in [6.45, 7) is 8.44. The predicted octanol–water partition coefficient (Wildman–Crippen LogP) is 2.69. The first-order valence-corrected chi connectivity index (χ1v) is 10.9. The summed E-state index contributed by atoms with van der Waals surface area (Å²) in [6.07, 6.45) is 5.72. The van der Waals surface area contributed by atoms with Crippen molar-refractivity contribution in [3.63, 3.8) is 0 Å². The molecule has 2 amide bonds. The van der Waals surface area contributed by atoms with E-state index >= 15 is 0 Å². The minimum Gasteiger partial charge on any atom is -0.431 e. The van der Waals surface area contributed by atoms with E-state index in [4.69, 9.17) is 4.65 Å². The second-order valence-corrected chi connectivity index (χ2v) is 8.72. The van der Waals surface area contributed by atoms with Crippen LogP contribution in [0.5, 0.6) is 0 Å². The minimum absolute atomic E-state index is 0.0191. The molecule has 1 aromatic carbocycles. The Bertz CT molecular complexity index is 866. The smallest absolute Gasteiger partial charge is 0.321 e. The monoisotopic (exact) mass is 422 g/mol. The summed E-state index contributed by atoms with van der Waals surface area (Å²) < 4.78 is 5.94. The third-order valence-electron chi connectivity index (χ3n) is 5.78. The Morgan fingerprint density at radius 1 is 1.13 bits per heavy atom. The van der Waals surface area contributed by atoms with E-state index in [0.29, 0.717) is 18.2 Å². The van der Waals surface area contributed by atoms with Gasteiger partial charge in [-0.15, -0.1) is 0 Å². The fraction of sp³-hybridized carbons (Fsp3) is 0.478. The van der Waals surface area contributed by atoms with Gasteiger partial charge in [0.15, 0.2) is 0 Å². The molecule has 1 aliphatic rings. The zero-order valence-corrected chi connectivity index (χ0v) is 18.6. The van der Waals surface area contributed by atoms with E-state index in [2.05, 4.69) is 48.3 Å². The highest BCUT2D eigenvalue weighted by molar-refractivity contribution is 6.58. The molecule has 7 nitrogen and oxygen atoms in total. The molecular formula is C23H31BN4O3. The maximum atomic E-state index is 13.3. The summed E-state index contributed by atoms with van der Waals surface area (Å²) in [6, 6.07) is 8.91. The maximum Gasteiger partial charge on any atom is 0.321 e. The number of aromatic nitrogens is 2. The SMILES string of the molecule is CC(C)C[C@@H](NC(=O)[C@H](Cc1ccccc1)NC(=O)c1cnccn1)B1OC(C)C1C. The quantitative estimate of drug-likeness (QED) is 0.607. The molecule has 0 saturated carbocycles. The number of nitrogens with one attached hydrogen (secondary N) is 2.